The predicted molar refractivity (Wildman–Crippen MR) is 59.1 cm³/mol. The Hall–Kier alpha value is -0.920. The molecule has 4 heteroatoms. The number of benzene rings is 1. The van der Waals surface area contributed by atoms with Gasteiger partial charge in [0, 0.05) is 15.4 Å². The van der Waals surface area contributed by atoms with Crippen LogP contribution >= 0.6 is 27.3 Å². The Morgan fingerprint density at radius 1 is 1.50 bits per heavy atom. The van der Waals surface area contributed by atoms with E-state index in [4.69, 9.17) is 5.26 Å². The van der Waals surface area contributed by atoms with Gasteiger partial charge in [-0.25, -0.2) is 4.39 Å². The van der Waals surface area contributed by atoms with Gasteiger partial charge in [0.05, 0.1) is 16.5 Å². The van der Waals surface area contributed by atoms with Crippen molar-refractivity contribution in [1.29, 1.82) is 5.26 Å². The van der Waals surface area contributed by atoms with E-state index in [0.29, 0.717) is 21.2 Å². The number of nitriles is 1. The van der Waals surface area contributed by atoms with Crippen molar-refractivity contribution in [3.63, 3.8) is 0 Å². The van der Waals surface area contributed by atoms with E-state index in [0.717, 1.165) is 4.70 Å². The Bertz CT molecular complexity index is 527. The van der Waals surface area contributed by atoms with Crippen LogP contribution in [0.15, 0.2) is 18.2 Å². The van der Waals surface area contributed by atoms with Gasteiger partial charge < -0.3 is 0 Å². The minimum absolute atomic E-state index is 0.175. The van der Waals surface area contributed by atoms with Gasteiger partial charge in [-0.2, -0.15) is 5.26 Å². The predicted octanol–water partition coefficient (Wildman–Crippen LogP) is 3.81. The zero-order valence-electron chi connectivity index (χ0n) is 7.05. The van der Waals surface area contributed by atoms with Crippen LogP contribution in [0, 0.1) is 17.1 Å². The highest BCUT2D eigenvalue weighted by molar-refractivity contribution is 9.08. The molecule has 0 spiro atoms. The lowest BCUT2D eigenvalue weighted by Gasteiger charge is -1.89. The van der Waals surface area contributed by atoms with Gasteiger partial charge in [0.15, 0.2) is 0 Å². The van der Waals surface area contributed by atoms with Gasteiger partial charge in [0.25, 0.3) is 0 Å². The summed E-state index contributed by atoms with van der Waals surface area (Å²) in [7, 11) is 0. The van der Waals surface area contributed by atoms with E-state index in [2.05, 4.69) is 15.9 Å². The van der Waals surface area contributed by atoms with Gasteiger partial charge in [-0.1, -0.05) is 15.9 Å². The number of thiophene rings is 1. The monoisotopic (exact) mass is 269 g/mol. The average Bonchev–Trinajstić information content (AvgIpc) is 2.55. The molecule has 0 aliphatic carbocycles. The minimum atomic E-state index is -0.175. The lowest BCUT2D eigenvalue weighted by atomic mass is 10.2. The number of nitrogens with zero attached hydrogens (tertiary/aromatic N) is 1. The number of rotatable bonds is 1. The first kappa shape index (κ1) is 9.63. The van der Waals surface area contributed by atoms with Crippen LogP contribution in [0.25, 0.3) is 10.1 Å². The van der Waals surface area contributed by atoms with Gasteiger partial charge >= 0.3 is 0 Å². The molecule has 70 valence electrons. The lowest BCUT2D eigenvalue weighted by molar-refractivity contribution is 0.636. The fraction of sp³-hybridized carbons (Fsp3) is 0.100. The van der Waals surface area contributed by atoms with E-state index in [1.165, 1.54) is 11.3 Å². The number of halogens is 2. The molecular formula is C10H5BrFNS. The molecule has 0 atom stereocenters. The SMILES string of the molecule is N#Cc1ccc2c(F)c(CBr)sc2c1. The summed E-state index contributed by atoms with van der Waals surface area (Å²) in [5.74, 6) is -0.175. The average molecular weight is 270 g/mol. The van der Waals surface area contributed by atoms with Gasteiger partial charge in [-0.15, -0.1) is 11.3 Å². The Labute approximate surface area is 92.9 Å². The van der Waals surface area contributed by atoms with Gasteiger partial charge in [-0.05, 0) is 18.2 Å². The second-order valence-electron chi connectivity index (χ2n) is 2.80. The standard InChI is InChI=1S/C10H5BrFNS/c11-4-9-10(12)7-2-1-6(5-13)3-8(7)14-9/h1-3H,4H2. The van der Waals surface area contributed by atoms with Crippen LogP contribution in [-0.2, 0) is 5.33 Å². The maximum atomic E-state index is 13.6. The molecule has 1 aromatic carbocycles. The third-order valence-electron chi connectivity index (χ3n) is 1.95. The molecule has 1 heterocycles. The summed E-state index contributed by atoms with van der Waals surface area (Å²) in [6, 6.07) is 7.05. The summed E-state index contributed by atoms with van der Waals surface area (Å²) in [4.78, 5) is 0.676. The van der Waals surface area contributed by atoms with Crippen LogP contribution in [-0.4, -0.2) is 0 Å². The Kier molecular flexibility index (Phi) is 2.53. The third kappa shape index (κ3) is 1.43. The molecule has 0 saturated heterocycles. The van der Waals surface area contributed by atoms with E-state index in [-0.39, 0.29) is 5.82 Å². The van der Waals surface area contributed by atoms with Gasteiger partial charge in [-0.3, -0.25) is 0 Å². The summed E-state index contributed by atoms with van der Waals surface area (Å²) in [5, 5.41) is 9.80. The van der Waals surface area contributed by atoms with Gasteiger partial charge in [0.1, 0.15) is 5.82 Å². The highest BCUT2D eigenvalue weighted by atomic mass is 79.9. The Morgan fingerprint density at radius 2 is 2.29 bits per heavy atom. The van der Waals surface area contributed by atoms with Crippen LogP contribution in [0.3, 0.4) is 0 Å². The van der Waals surface area contributed by atoms with Crippen LogP contribution in [0.2, 0.25) is 0 Å². The number of alkyl halides is 1. The van der Waals surface area contributed by atoms with Crippen LogP contribution < -0.4 is 0 Å². The smallest absolute Gasteiger partial charge is 0.145 e. The lowest BCUT2D eigenvalue weighted by Crippen LogP contribution is -1.76. The Morgan fingerprint density at radius 3 is 2.93 bits per heavy atom. The van der Waals surface area contributed by atoms with Crippen LogP contribution in [0.5, 0.6) is 0 Å². The Balaban J connectivity index is 2.74. The number of hydrogen-bond donors (Lipinski definition) is 0. The summed E-state index contributed by atoms with van der Waals surface area (Å²) in [6.45, 7) is 0. The van der Waals surface area contributed by atoms with Gasteiger partial charge in [0.2, 0.25) is 0 Å². The molecule has 2 aromatic rings. The second-order valence-corrected chi connectivity index (χ2v) is 4.49. The molecule has 0 N–H and O–H groups in total. The first-order valence-electron chi connectivity index (χ1n) is 3.93. The molecule has 0 aliphatic heterocycles. The molecule has 0 amide bonds. The fourth-order valence-corrected chi connectivity index (χ4v) is 2.83. The highest BCUT2D eigenvalue weighted by Crippen LogP contribution is 2.31. The van der Waals surface area contributed by atoms with Crippen LogP contribution in [0.4, 0.5) is 4.39 Å². The van der Waals surface area contributed by atoms with E-state index in [9.17, 15) is 4.39 Å². The highest BCUT2D eigenvalue weighted by Gasteiger charge is 2.10. The van der Waals surface area contributed by atoms with Crippen molar-refractivity contribution in [3.8, 4) is 6.07 Å². The van der Waals surface area contributed by atoms with E-state index >= 15 is 0 Å². The molecule has 0 radical (unpaired) electrons. The fourth-order valence-electron chi connectivity index (χ4n) is 1.27. The molecule has 1 nitrogen and oxygen atoms in total. The summed E-state index contributed by atoms with van der Waals surface area (Å²) in [5.41, 5.74) is 0.569. The molecule has 0 saturated carbocycles. The molecule has 0 unspecified atom stereocenters. The summed E-state index contributed by atoms with van der Waals surface area (Å²) >= 11 is 4.61. The molecule has 14 heavy (non-hydrogen) atoms. The molecule has 0 aliphatic rings. The topological polar surface area (TPSA) is 23.8 Å². The molecule has 0 fully saturated rings. The first-order valence-corrected chi connectivity index (χ1v) is 5.87. The summed E-state index contributed by atoms with van der Waals surface area (Å²) in [6.07, 6.45) is 0. The van der Waals surface area contributed by atoms with Crippen molar-refractivity contribution in [2.24, 2.45) is 0 Å². The minimum Gasteiger partial charge on any atom is -0.205 e. The molecule has 0 bridgehead atoms. The molecule has 1 aromatic heterocycles. The quantitative estimate of drug-likeness (QED) is 0.723. The van der Waals surface area contributed by atoms with Crippen molar-refractivity contribution in [1.82, 2.24) is 0 Å². The molecular weight excluding hydrogens is 265 g/mol. The van der Waals surface area contributed by atoms with Crippen molar-refractivity contribution >= 4 is 37.4 Å². The van der Waals surface area contributed by atoms with Crippen molar-refractivity contribution in [2.75, 3.05) is 0 Å². The van der Waals surface area contributed by atoms with Crippen molar-refractivity contribution in [3.05, 3.63) is 34.5 Å². The maximum absolute atomic E-state index is 13.6. The van der Waals surface area contributed by atoms with Crippen molar-refractivity contribution < 1.29 is 4.39 Å². The molecule has 2 rings (SSSR count). The number of fused-ring (bicyclic) bond motifs is 1. The van der Waals surface area contributed by atoms with E-state index in [1.807, 2.05) is 6.07 Å². The largest absolute Gasteiger partial charge is 0.205 e. The normalized spacial score (nSPS) is 10.4. The zero-order chi connectivity index (χ0) is 10.1. The van der Waals surface area contributed by atoms with E-state index < -0.39 is 0 Å². The summed E-state index contributed by atoms with van der Waals surface area (Å²) < 4.78 is 14.4. The van der Waals surface area contributed by atoms with E-state index in [1.54, 1.807) is 18.2 Å². The van der Waals surface area contributed by atoms with Crippen molar-refractivity contribution in [2.45, 2.75) is 5.33 Å². The number of hydrogen-bond acceptors (Lipinski definition) is 2. The zero-order valence-corrected chi connectivity index (χ0v) is 9.45. The van der Waals surface area contributed by atoms with Crippen LogP contribution in [0.1, 0.15) is 10.4 Å². The first-order chi connectivity index (χ1) is 6.76. The maximum Gasteiger partial charge on any atom is 0.145 e. The second kappa shape index (κ2) is 3.68. The third-order valence-corrected chi connectivity index (χ3v) is 4.01.